The summed E-state index contributed by atoms with van der Waals surface area (Å²) in [6, 6.07) is 9.83. The third-order valence-electron chi connectivity index (χ3n) is 2.93. The predicted molar refractivity (Wildman–Crippen MR) is 103 cm³/mol. The molecule has 2 aromatic rings. The van der Waals surface area contributed by atoms with Crippen molar-refractivity contribution in [1.82, 2.24) is 0 Å². The van der Waals surface area contributed by atoms with Gasteiger partial charge in [-0.1, -0.05) is 46.2 Å². The van der Waals surface area contributed by atoms with Crippen LogP contribution in [0, 0.1) is 13.8 Å². The van der Waals surface area contributed by atoms with Gasteiger partial charge in [-0.3, -0.25) is 4.79 Å². The molecule has 1 amide bonds. The fourth-order valence-electron chi connectivity index (χ4n) is 2.09. The van der Waals surface area contributed by atoms with E-state index in [1.54, 1.807) is 12.1 Å². The minimum atomic E-state index is -4.46. The number of carbonyl (C=O) groups excluding carboxylic acids is 1. The highest BCUT2D eigenvalue weighted by Crippen LogP contribution is 2.29. The van der Waals surface area contributed by atoms with E-state index in [0.29, 0.717) is 5.69 Å². The van der Waals surface area contributed by atoms with Gasteiger partial charge < -0.3 is 5.32 Å². The minimum Gasteiger partial charge on any atom is -0.322 e. The first-order valence-corrected chi connectivity index (χ1v) is 8.74. The molecule has 0 aromatic heterocycles. The summed E-state index contributed by atoms with van der Waals surface area (Å²) in [5.74, 6) is -0.564. The van der Waals surface area contributed by atoms with Crippen molar-refractivity contribution in [3.05, 3.63) is 64.7 Å². The van der Waals surface area contributed by atoms with Gasteiger partial charge in [0.25, 0.3) is 5.91 Å². The number of rotatable bonds is 2. The summed E-state index contributed by atoms with van der Waals surface area (Å²) in [5, 5.41) is 2.61. The summed E-state index contributed by atoms with van der Waals surface area (Å²) in [4.78, 5) is 12.0. The van der Waals surface area contributed by atoms with Crippen LogP contribution in [0.2, 0.25) is 0 Å². The van der Waals surface area contributed by atoms with E-state index in [4.69, 9.17) is 0 Å². The first-order valence-electron chi connectivity index (χ1n) is 8.74. The number of nitrogens with one attached hydrogen (secondary N) is 1. The lowest BCUT2D eigenvalue weighted by Crippen LogP contribution is -2.14. The highest BCUT2D eigenvalue weighted by atomic mass is 19.4. The summed E-state index contributed by atoms with van der Waals surface area (Å²) in [6.45, 7) is 12.0. The third kappa shape index (κ3) is 8.19. The Kier molecular flexibility index (Phi) is 10.3. The number of carbonyl (C=O) groups is 1. The Morgan fingerprint density at radius 2 is 1.46 bits per heavy atom. The smallest absolute Gasteiger partial charge is 0.322 e. The van der Waals surface area contributed by atoms with E-state index in [1.165, 1.54) is 18.6 Å². The highest BCUT2D eigenvalue weighted by Gasteiger charge is 2.30. The molecule has 2 rings (SSSR count). The summed E-state index contributed by atoms with van der Waals surface area (Å²) >= 11 is 0. The Labute approximate surface area is 154 Å². The van der Waals surface area contributed by atoms with Crippen LogP contribution in [0.25, 0.3) is 0 Å². The van der Waals surface area contributed by atoms with E-state index in [2.05, 4.69) is 19.2 Å². The van der Waals surface area contributed by atoms with Crippen molar-refractivity contribution >= 4 is 11.6 Å². The van der Waals surface area contributed by atoms with Crippen molar-refractivity contribution in [3.63, 3.8) is 0 Å². The normalized spacial score (nSPS) is 10.0. The zero-order valence-corrected chi connectivity index (χ0v) is 16.3. The maximum absolute atomic E-state index is 12.6. The van der Waals surface area contributed by atoms with Gasteiger partial charge in [0, 0.05) is 11.3 Å². The van der Waals surface area contributed by atoms with Crippen LogP contribution in [0.5, 0.6) is 0 Å². The molecule has 0 aliphatic carbocycles. The molecule has 0 fully saturated rings. The fourth-order valence-corrected chi connectivity index (χ4v) is 2.09. The second-order valence-electron chi connectivity index (χ2n) is 5.62. The molecule has 1 N–H and O–H groups in total. The van der Waals surface area contributed by atoms with E-state index < -0.39 is 17.6 Å². The Bertz CT molecular complexity index is 674. The van der Waals surface area contributed by atoms with Gasteiger partial charge in [-0.2, -0.15) is 13.2 Å². The van der Waals surface area contributed by atoms with E-state index in [-0.39, 0.29) is 5.56 Å². The van der Waals surface area contributed by atoms with E-state index in [1.807, 2.05) is 33.8 Å². The molecule has 0 saturated heterocycles. The summed E-state index contributed by atoms with van der Waals surface area (Å²) < 4.78 is 37.9. The number of hydrogen-bond donors (Lipinski definition) is 1. The number of benzene rings is 2. The van der Waals surface area contributed by atoms with Crippen molar-refractivity contribution in [3.8, 4) is 0 Å². The second-order valence-corrected chi connectivity index (χ2v) is 5.62. The Morgan fingerprint density at radius 3 is 1.92 bits per heavy atom. The molecule has 0 aliphatic rings. The maximum Gasteiger partial charge on any atom is 0.416 e. The van der Waals surface area contributed by atoms with Crippen LogP contribution in [0.15, 0.2) is 42.5 Å². The standard InChI is InChI=1S/C16H14F3NO.C3H8.C2H6/c1-10-6-11(2)8-14(7-10)20-15(21)12-4-3-5-13(9-12)16(17,18)19;1-3-2;1-2/h3-9H,1-2H3,(H,20,21);3H2,1-2H3;1-2H3. The molecule has 144 valence electrons. The Morgan fingerprint density at radius 1 is 0.962 bits per heavy atom. The van der Waals surface area contributed by atoms with Crippen LogP contribution in [-0.4, -0.2) is 5.91 Å². The molecule has 0 unspecified atom stereocenters. The molecule has 5 heteroatoms. The average molecular weight is 367 g/mol. The molecule has 0 bridgehead atoms. The number of amides is 1. The van der Waals surface area contributed by atoms with Crippen molar-refractivity contribution in [2.45, 2.75) is 54.1 Å². The lowest BCUT2D eigenvalue weighted by atomic mass is 10.1. The molecule has 2 nitrogen and oxygen atoms in total. The molecule has 0 heterocycles. The molecule has 0 spiro atoms. The third-order valence-corrected chi connectivity index (χ3v) is 2.93. The van der Waals surface area contributed by atoms with Crippen molar-refractivity contribution in [2.75, 3.05) is 5.32 Å². The zero-order valence-electron chi connectivity index (χ0n) is 16.3. The predicted octanol–water partition coefficient (Wildman–Crippen LogP) is 7.02. The van der Waals surface area contributed by atoms with Gasteiger partial charge >= 0.3 is 6.18 Å². The molecule has 0 atom stereocenters. The van der Waals surface area contributed by atoms with Gasteiger partial charge in [-0.05, 0) is 55.3 Å². The van der Waals surface area contributed by atoms with Gasteiger partial charge in [0.1, 0.15) is 0 Å². The van der Waals surface area contributed by atoms with Crippen LogP contribution in [0.4, 0.5) is 18.9 Å². The first-order chi connectivity index (χ1) is 12.2. The van der Waals surface area contributed by atoms with Crippen LogP contribution >= 0.6 is 0 Å². The number of aryl methyl sites for hydroxylation is 2. The van der Waals surface area contributed by atoms with Crippen LogP contribution in [0.3, 0.4) is 0 Å². The quantitative estimate of drug-likeness (QED) is 0.607. The second kappa shape index (κ2) is 11.3. The molecule has 0 aliphatic heterocycles. The molecular formula is C21H28F3NO. The summed E-state index contributed by atoms with van der Waals surface area (Å²) in [6.07, 6.45) is -3.21. The number of alkyl halides is 3. The van der Waals surface area contributed by atoms with Crippen LogP contribution < -0.4 is 5.32 Å². The summed E-state index contributed by atoms with van der Waals surface area (Å²) in [5.41, 5.74) is 1.64. The fraction of sp³-hybridized carbons (Fsp3) is 0.381. The van der Waals surface area contributed by atoms with E-state index in [9.17, 15) is 18.0 Å². The van der Waals surface area contributed by atoms with Crippen molar-refractivity contribution in [1.29, 1.82) is 0 Å². The Hall–Kier alpha value is -2.30. The van der Waals surface area contributed by atoms with E-state index >= 15 is 0 Å². The largest absolute Gasteiger partial charge is 0.416 e. The average Bonchev–Trinajstić information content (AvgIpc) is 2.56. The van der Waals surface area contributed by atoms with Crippen molar-refractivity contribution in [2.24, 2.45) is 0 Å². The lowest BCUT2D eigenvalue weighted by molar-refractivity contribution is -0.137. The number of anilines is 1. The summed E-state index contributed by atoms with van der Waals surface area (Å²) in [7, 11) is 0. The number of halogens is 3. The molecule has 2 aromatic carbocycles. The van der Waals surface area contributed by atoms with Crippen LogP contribution in [0.1, 0.15) is 61.2 Å². The van der Waals surface area contributed by atoms with Gasteiger partial charge in [0.2, 0.25) is 0 Å². The highest BCUT2D eigenvalue weighted by molar-refractivity contribution is 6.04. The molecule has 26 heavy (non-hydrogen) atoms. The van der Waals surface area contributed by atoms with Gasteiger partial charge in [-0.25, -0.2) is 0 Å². The zero-order chi connectivity index (χ0) is 20.3. The van der Waals surface area contributed by atoms with Gasteiger partial charge in [-0.15, -0.1) is 0 Å². The van der Waals surface area contributed by atoms with Crippen molar-refractivity contribution < 1.29 is 18.0 Å². The molecule has 0 radical (unpaired) electrons. The monoisotopic (exact) mass is 367 g/mol. The maximum atomic E-state index is 12.6. The Balaban J connectivity index is 0.00000113. The first kappa shape index (κ1) is 23.7. The van der Waals surface area contributed by atoms with E-state index in [0.717, 1.165) is 23.3 Å². The molecule has 0 saturated carbocycles. The lowest BCUT2D eigenvalue weighted by Gasteiger charge is -2.10. The topological polar surface area (TPSA) is 29.1 Å². The SMILES string of the molecule is CC.CCC.Cc1cc(C)cc(NC(=O)c2cccc(C(F)(F)F)c2)c1. The van der Waals surface area contributed by atoms with Gasteiger partial charge in [0.05, 0.1) is 5.56 Å². The molecular weight excluding hydrogens is 339 g/mol. The minimum absolute atomic E-state index is 0.0241. The van der Waals surface area contributed by atoms with Crippen LogP contribution in [-0.2, 0) is 6.18 Å². The number of hydrogen-bond acceptors (Lipinski definition) is 1. The van der Waals surface area contributed by atoms with Gasteiger partial charge in [0.15, 0.2) is 0 Å².